The summed E-state index contributed by atoms with van der Waals surface area (Å²) in [7, 11) is 0. The second-order valence-electron chi connectivity index (χ2n) is 22.6. The van der Waals surface area contributed by atoms with E-state index in [0.29, 0.717) is 13.1 Å². The molecule has 0 spiro atoms. The van der Waals surface area contributed by atoms with Crippen molar-refractivity contribution in [3.05, 3.63) is 213 Å². The van der Waals surface area contributed by atoms with Crippen LogP contribution in [0.3, 0.4) is 0 Å². The molecule has 6 aromatic rings. The van der Waals surface area contributed by atoms with Gasteiger partial charge in [-0.1, -0.05) is 241 Å². The normalized spacial score (nSPS) is 19.0. The van der Waals surface area contributed by atoms with Crippen molar-refractivity contribution in [3.8, 4) is 0 Å². The third-order valence-corrected chi connectivity index (χ3v) is 13.4. The molecule has 2 heterocycles. The molecule has 0 aliphatic carbocycles. The molecule has 0 saturated heterocycles. The Bertz CT molecular complexity index is 2580. The summed E-state index contributed by atoms with van der Waals surface area (Å²) >= 11 is 0. The van der Waals surface area contributed by atoms with Crippen LogP contribution >= 0.6 is 0 Å². The molecule has 5 nitrogen and oxygen atoms in total. The van der Waals surface area contributed by atoms with Gasteiger partial charge in [-0.2, -0.15) is 0 Å². The molecule has 66 heavy (non-hydrogen) atoms. The van der Waals surface area contributed by atoms with Crippen LogP contribution in [0.25, 0.3) is 0 Å². The van der Waals surface area contributed by atoms with Crippen LogP contribution in [0.5, 0.6) is 0 Å². The molecule has 6 heteroatoms. The van der Waals surface area contributed by atoms with Crippen molar-refractivity contribution < 1.29 is 17.0 Å². The van der Waals surface area contributed by atoms with Crippen LogP contribution in [0.15, 0.2) is 163 Å². The summed E-state index contributed by atoms with van der Waals surface area (Å²) in [6.45, 7) is 29.4. The van der Waals surface area contributed by atoms with Crippen LogP contribution < -0.4 is 23.0 Å². The molecular weight excluding hydrogens is 826 g/mol. The van der Waals surface area contributed by atoms with E-state index >= 15 is 0 Å². The Morgan fingerprint density at radius 3 is 1.33 bits per heavy atom. The summed E-state index contributed by atoms with van der Waals surface area (Å²) in [6, 6.07) is 58.3. The van der Waals surface area contributed by atoms with Crippen molar-refractivity contribution in [3.63, 3.8) is 0 Å². The highest BCUT2D eigenvalue weighted by Crippen LogP contribution is 2.45. The van der Waals surface area contributed by atoms with Crippen LogP contribution in [-0.2, 0) is 34.7 Å². The largest absolute Gasteiger partial charge is 1.00 e. The van der Waals surface area contributed by atoms with E-state index in [1.807, 2.05) is 0 Å². The molecule has 0 aromatic heterocycles. The first-order chi connectivity index (χ1) is 30.7. The van der Waals surface area contributed by atoms with Crippen molar-refractivity contribution in [2.75, 3.05) is 0 Å². The number of hydrogen-bond donors (Lipinski definition) is 2. The maximum absolute atomic E-state index is 5.56. The monoisotopic (exact) mass is 898 g/mol. The number of guanidine groups is 2. The average molecular weight is 899 g/mol. The second-order valence-corrected chi connectivity index (χ2v) is 22.6. The third-order valence-electron chi connectivity index (χ3n) is 13.4. The maximum atomic E-state index is 5.56. The second kappa shape index (κ2) is 18.9. The van der Waals surface area contributed by atoms with Crippen LogP contribution in [0.1, 0.15) is 163 Å². The van der Waals surface area contributed by atoms with Gasteiger partial charge in [0.25, 0.3) is 5.96 Å². The molecule has 2 N–H and O–H groups in total. The van der Waals surface area contributed by atoms with Gasteiger partial charge in [0.05, 0.1) is 19.1 Å². The Hall–Kier alpha value is -5.65. The minimum Gasteiger partial charge on any atom is -1.00 e. The van der Waals surface area contributed by atoms with Crippen LogP contribution in [0.2, 0.25) is 0 Å². The smallest absolute Gasteiger partial charge is 0.357 e. The molecule has 0 bridgehead atoms. The van der Waals surface area contributed by atoms with E-state index in [1.54, 1.807) is 0 Å². The standard InChI is InChI=1S/C60H71N5.ClH/c1-57(2,3)47-33-41(34-48(37-47)58(4,5)6)39-64-53(45-29-21-15-22-30-45)54(46-31-23-16-24-32-46)65(40-42-35-49(59(7,8)9)38-50(36-42)60(10,11)12)56(64)63-55-61-51(43-25-17-13-18-26-43)52(62-55)44-27-19-14-20-28-44;/h13-38,51-54H,39-40H2,1-12H3,(H,61,62);1H/t51-,52-,53-,54-;/m0./s1. The molecule has 4 atom stereocenters. The fourth-order valence-electron chi connectivity index (χ4n) is 9.47. The van der Waals surface area contributed by atoms with Crippen LogP contribution in [0, 0.1) is 0 Å². The van der Waals surface area contributed by atoms with Crippen molar-refractivity contribution >= 4 is 11.9 Å². The van der Waals surface area contributed by atoms with E-state index < -0.39 is 0 Å². The Kier molecular flexibility index (Phi) is 13.8. The van der Waals surface area contributed by atoms with Gasteiger partial charge in [-0.25, -0.2) is 19.8 Å². The van der Waals surface area contributed by atoms with Gasteiger partial charge in [-0.15, -0.1) is 0 Å². The Balaban J connectivity index is 0.00000648. The number of nitrogens with zero attached hydrogens (tertiary/aromatic N) is 3. The van der Waals surface area contributed by atoms with E-state index in [4.69, 9.17) is 4.99 Å². The van der Waals surface area contributed by atoms with Gasteiger partial charge in [0, 0.05) is 0 Å². The Morgan fingerprint density at radius 2 is 0.894 bits per heavy atom. The zero-order valence-electron chi connectivity index (χ0n) is 41.5. The van der Waals surface area contributed by atoms with Gasteiger partial charge in [0.2, 0.25) is 0 Å². The van der Waals surface area contributed by atoms with Gasteiger partial charge in [0.1, 0.15) is 18.1 Å². The Labute approximate surface area is 402 Å². The molecule has 2 aliphatic rings. The van der Waals surface area contributed by atoms with Crippen LogP contribution in [0.4, 0.5) is 0 Å². The number of aliphatic imine (C=N–C) groups is 1. The lowest BCUT2D eigenvalue weighted by molar-refractivity contribution is -0.583. The number of halogens is 1. The van der Waals surface area contributed by atoms with Gasteiger partial charge < -0.3 is 17.7 Å². The van der Waals surface area contributed by atoms with E-state index in [9.17, 15) is 0 Å². The third kappa shape index (κ3) is 10.6. The molecule has 0 amide bonds. The Morgan fingerprint density at radius 1 is 0.500 bits per heavy atom. The molecule has 0 saturated carbocycles. The van der Waals surface area contributed by atoms with E-state index in [-0.39, 0.29) is 58.2 Å². The molecule has 6 aromatic carbocycles. The molecule has 0 unspecified atom stereocenters. The van der Waals surface area contributed by atoms with E-state index in [0.717, 1.165) is 11.9 Å². The number of benzene rings is 6. The predicted molar refractivity (Wildman–Crippen MR) is 273 cm³/mol. The minimum absolute atomic E-state index is 0. The summed E-state index contributed by atoms with van der Waals surface area (Å²) in [5.74, 6) is 1.81. The van der Waals surface area contributed by atoms with Crippen molar-refractivity contribution in [2.24, 2.45) is 4.99 Å². The lowest BCUT2D eigenvalue weighted by Gasteiger charge is -2.29. The van der Waals surface area contributed by atoms with E-state index in [2.05, 4.69) is 261 Å². The first kappa shape index (κ1) is 48.3. The lowest BCUT2D eigenvalue weighted by Crippen LogP contribution is -3.00. The quantitative estimate of drug-likeness (QED) is 0.150. The summed E-state index contributed by atoms with van der Waals surface area (Å²) in [5.41, 5.74) is 12.9. The fraction of sp³-hybridized carbons (Fsp3) is 0.367. The first-order valence-corrected chi connectivity index (χ1v) is 23.8. The summed E-state index contributed by atoms with van der Waals surface area (Å²) in [5, 5.41) is 8.05. The van der Waals surface area contributed by atoms with Crippen LogP contribution in [-0.4, -0.2) is 21.4 Å². The van der Waals surface area contributed by atoms with Gasteiger partial charge >= 0.3 is 5.96 Å². The zero-order valence-corrected chi connectivity index (χ0v) is 42.2. The highest BCUT2D eigenvalue weighted by Gasteiger charge is 2.50. The average Bonchev–Trinajstić information content (AvgIpc) is 3.82. The molecule has 2 aliphatic heterocycles. The first-order valence-electron chi connectivity index (χ1n) is 23.8. The SMILES string of the molecule is CC(C)(C)c1cc(CN2C(NC3=N[C@@H](c4ccccc4)[C@H](c4ccccc4)N3)=[N+](Cc3cc(C(C)(C)C)cc(C(C)(C)C)c3)[C@@H](c3ccccc3)[C@@H]2c2ccccc2)cc(C(C)(C)C)c1.[Cl-]. The predicted octanol–water partition coefficient (Wildman–Crippen LogP) is 10.8. The van der Waals surface area contributed by atoms with E-state index in [1.165, 1.54) is 55.6 Å². The topological polar surface area (TPSA) is 42.7 Å². The van der Waals surface area contributed by atoms with Crippen molar-refractivity contribution in [1.82, 2.24) is 15.5 Å². The molecule has 344 valence electrons. The number of rotatable bonds is 8. The van der Waals surface area contributed by atoms with Gasteiger partial charge in [-0.05, 0) is 77.3 Å². The highest BCUT2D eigenvalue weighted by molar-refractivity contribution is 5.98. The fourth-order valence-corrected chi connectivity index (χ4v) is 9.47. The highest BCUT2D eigenvalue weighted by atomic mass is 35.5. The molecule has 8 rings (SSSR count). The summed E-state index contributed by atoms with van der Waals surface area (Å²) in [6.07, 6.45) is 0. The number of hydrogen-bond acceptors (Lipinski definition) is 4. The lowest BCUT2D eigenvalue weighted by atomic mass is 9.79. The maximum Gasteiger partial charge on any atom is 0.357 e. The van der Waals surface area contributed by atoms with Gasteiger partial charge in [-0.3, -0.25) is 0 Å². The zero-order chi connectivity index (χ0) is 46.3. The summed E-state index contributed by atoms with van der Waals surface area (Å²) < 4.78 is 2.65. The molecule has 0 fully saturated rings. The number of nitrogens with one attached hydrogen (secondary N) is 2. The molecular formula is C60H72ClN5. The van der Waals surface area contributed by atoms with Gasteiger partial charge in [0.15, 0.2) is 0 Å². The minimum atomic E-state index is -0.115. The molecule has 0 radical (unpaired) electrons. The van der Waals surface area contributed by atoms with Crippen molar-refractivity contribution in [1.29, 1.82) is 0 Å². The van der Waals surface area contributed by atoms with Crippen molar-refractivity contribution in [2.45, 2.75) is 142 Å². The summed E-state index contributed by atoms with van der Waals surface area (Å²) in [4.78, 5) is 8.21.